The van der Waals surface area contributed by atoms with Crippen molar-refractivity contribution < 1.29 is 23.5 Å². The first-order valence-corrected chi connectivity index (χ1v) is 11.2. The number of ether oxygens (including phenoxy) is 1. The summed E-state index contributed by atoms with van der Waals surface area (Å²) in [5.41, 5.74) is 3.03. The van der Waals surface area contributed by atoms with Crippen LogP contribution in [-0.4, -0.2) is 30.5 Å². The normalized spacial score (nSPS) is 10.7. The van der Waals surface area contributed by atoms with Crippen molar-refractivity contribution in [1.82, 2.24) is 5.43 Å². The molecule has 3 aromatic carbocycles. The summed E-state index contributed by atoms with van der Waals surface area (Å²) in [6, 6.07) is 19.7. The van der Waals surface area contributed by atoms with Crippen LogP contribution in [0.1, 0.15) is 22.8 Å². The lowest BCUT2D eigenvalue weighted by molar-refractivity contribution is -0.136. The molecular formula is C27H22N4O6. The fourth-order valence-corrected chi connectivity index (χ4v) is 3.36. The fraction of sp³-hybridized carbons (Fsp3) is 0.0741. The molecule has 0 bridgehead atoms. The molecule has 3 N–H and O–H groups in total. The second kappa shape index (κ2) is 11.5. The van der Waals surface area contributed by atoms with Crippen molar-refractivity contribution in [3.05, 3.63) is 100 Å². The molecule has 4 aromatic rings. The average Bonchev–Trinajstić information content (AvgIpc) is 2.91. The van der Waals surface area contributed by atoms with Crippen molar-refractivity contribution in [2.24, 2.45) is 5.10 Å². The van der Waals surface area contributed by atoms with Gasteiger partial charge in [0.05, 0.1) is 35.0 Å². The van der Waals surface area contributed by atoms with E-state index in [1.54, 1.807) is 60.7 Å². The predicted molar refractivity (Wildman–Crippen MR) is 139 cm³/mol. The standard InChI is InChI=1S/C27H22N4O6/c1-2-36-19-13-11-18(12-14-19)29-25(33)20-7-3-5-9-22(20)30-26(34)27(35)31-28-15-17-16-37-23-10-6-4-8-21(23)24(17)32/h3-16H,2H2,1H3,(H,29,33)(H,30,34)(H,31,35)/b28-15-. The number of nitrogens with zero attached hydrogens (tertiary/aromatic N) is 1. The molecule has 10 heteroatoms. The highest BCUT2D eigenvalue weighted by Gasteiger charge is 2.18. The van der Waals surface area contributed by atoms with Gasteiger partial charge in [-0.2, -0.15) is 5.10 Å². The zero-order valence-corrected chi connectivity index (χ0v) is 19.7. The quantitative estimate of drug-likeness (QED) is 0.202. The van der Waals surface area contributed by atoms with Crippen LogP contribution in [0.15, 0.2) is 93.4 Å². The maximum absolute atomic E-state index is 12.8. The van der Waals surface area contributed by atoms with E-state index in [2.05, 4.69) is 21.2 Å². The van der Waals surface area contributed by atoms with Gasteiger partial charge in [0.1, 0.15) is 17.6 Å². The van der Waals surface area contributed by atoms with E-state index in [4.69, 9.17) is 9.15 Å². The molecule has 0 spiro atoms. The molecule has 0 aliphatic carbocycles. The summed E-state index contributed by atoms with van der Waals surface area (Å²) >= 11 is 0. The Morgan fingerprint density at radius 2 is 1.65 bits per heavy atom. The zero-order valence-electron chi connectivity index (χ0n) is 19.7. The van der Waals surface area contributed by atoms with E-state index in [1.165, 1.54) is 18.4 Å². The summed E-state index contributed by atoms with van der Waals surface area (Å²) in [5.74, 6) is -1.96. The number of hydrogen-bond acceptors (Lipinski definition) is 7. The van der Waals surface area contributed by atoms with Crippen LogP contribution in [0.3, 0.4) is 0 Å². The summed E-state index contributed by atoms with van der Waals surface area (Å²) in [5, 5.41) is 9.16. The Labute approximate surface area is 210 Å². The van der Waals surface area contributed by atoms with Gasteiger partial charge in [-0.15, -0.1) is 0 Å². The number of para-hydroxylation sites is 2. The van der Waals surface area contributed by atoms with E-state index >= 15 is 0 Å². The van der Waals surface area contributed by atoms with Crippen LogP contribution < -0.4 is 26.2 Å². The van der Waals surface area contributed by atoms with Gasteiger partial charge in [-0.1, -0.05) is 24.3 Å². The number of rotatable bonds is 7. The van der Waals surface area contributed by atoms with Gasteiger partial charge in [-0.05, 0) is 55.5 Å². The molecule has 1 heterocycles. The maximum atomic E-state index is 12.8. The lowest BCUT2D eigenvalue weighted by Gasteiger charge is -2.11. The van der Waals surface area contributed by atoms with Crippen molar-refractivity contribution in [1.29, 1.82) is 0 Å². The van der Waals surface area contributed by atoms with Gasteiger partial charge < -0.3 is 19.8 Å². The Morgan fingerprint density at radius 1 is 0.919 bits per heavy atom. The average molecular weight is 498 g/mol. The van der Waals surface area contributed by atoms with Gasteiger partial charge >= 0.3 is 11.8 Å². The number of nitrogens with one attached hydrogen (secondary N) is 3. The van der Waals surface area contributed by atoms with Crippen molar-refractivity contribution >= 4 is 46.3 Å². The van der Waals surface area contributed by atoms with Crippen LogP contribution in [0, 0.1) is 0 Å². The molecule has 186 valence electrons. The first-order chi connectivity index (χ1) is 18.0. The summed E-state index contributed by atoms with van der Waals surface area (Å²) in [7, 11) is 0. The number of carbonyl (C=O) groups excluding carboxylic acids is 3. The Kier molecular flexibility index (Phi) is 7.69. The molecule has 3 amide bonds. The Balaban J connectivity index is 1.39. The Morgan fingerprint density at radius 3 is 2.43 bits per heavy atom. The van der Waals surface area contributed by atoms with E-state index in [1.807, 2.05) is 6.92 Å². The van der Waals surface area contributed by atoms with E-state index in [0.717, 1.165) is 6.21 Å². The molecule has 0 fully saturated rings. The highest BCUT2D eigenvalue weighted by molar-refractivity contribution is 6.40. The third kappa shape index (κ3) is 6.06. The number of carbonyl (C=O) groups is 3. The van der Waals surface area contributed by atoms with Crippen LogP contribution in [-0.2, 0) is 9.59 Å². The minimum atomic E-state index is -1.09. The summed E-state index contributed by atoms with van der Waals surface area (Å²) in [6.45, 7) is 2.40. The molecule has 4 rings (SSSR count). The van der Waals surface area contributed by atoms with E-state index < -0.39 is 17.7 Å². The van der Waals surface area contributed by atoms with Crippen LogP contribution in [0.2, 0.25) is 0 Å². The molecule has 0 radical (unpaired) electrons. The first kappa shape index (κ1) is 24.9. The molecule has 0 aliphatic rings. The highest BCUT2D eigenvalue weighted by Crippen LogP contribution is 2.20. The Hall–Kier alpha value is -5.25. The van der Waals surface area contributed by atoms with Crippen molar-refractivity contribution in [2.45, 2.75) is 6.92 Å². The van der Waals surface area contributed by atoms with E-state index in [-0.39, 0.29) is 22.2 Å². The molecule has 37 heavy (non-hydrogen) atoms. The maximum Gasteiger partial charge on any atom is 0.329 e. The van der Waals surface area contributed by atoms with E-state index in [0.29, 0.717) is 29.0 Å². The highest BCUT2D eigenvalue weighted by atomic mass is 16.5. The minimum absolute atomic E-state index is 0.0933. The molecule has 0 saturated carbocycles. The van der Waals surface area contributed by atoms with Gasteiger partial charge in [-0.25, -0.2) is 5.43 Å². The second-order valence-corrected chi connectivity index (χ2v) is 7.63. The molecular weight excluding hydrogens is 476 g/mol. The van der Waals surface area contributed by atoms with Gasteiger partial charge in [0, 0.05) is 5.69 Å². The topological polar surface area (TPSA) is 139 Å². The minimum Gasteiger partial charge on any atom is -0.494 e. The number of hydrazone groups is 1. The lowest BCUT2D eigenvalue weighted by atomic mass is 10.1. The van der Waals surface area contributed by atoms with E-state index in [9.17, 15) is 19.2 Å². The molecule has 0 atom stereocenters. The number of benzene rings is 3. The molecule has 1 aromatic heterocycles. The summed E-state index contributed by atoms with van der Waals surface area (Å²) in [6.07, 6.45) is 2.29. The third-order valence-corrected chi connectivity index (χ3v) is 5.13. The predicted octanol–water partition coefficient (Wildman–Crippen LogP) is 3.53. The second-order valence-electron chi connectivity index (χ2n) is 7.63. The number of fused-ring (bicyclic) bond motifs is 1. The van der Waals surface area contributed by atoms with Crippen molar-refractivity contribution in [2.75, 3.05) is 17.2 Å². The van der Waals surface area contributed by atoms with Gasteiger partial charge in [0.15, 0.2) is 0 Å². The number of anilines is 2. The number of amides is 3. The Bertz CT molecular complexity index is 1540. The lowest BCUT2D eigenvalue weighted by Crippen LogP contribution is -2.33. The largest absolute Gasteiger partial charge is 0.494 e. The third-order valence-electron chi connectivity index (χ3n) is 5.13. The SMILES string of the molecule is CCOc1ccc(NC(=O)c2ccccc2NC(=O)C(=O)N/N=C\c2coc3ccccc3c2=O)cc1. The van der Waals surface area contributed by atoms with Crippen LogP contribution in [0.25, 0.3) is 11.0 Å². The summed E-state index contributed by atoms with van der Waals surface area (Å²) < 4.78 is 10.8. The monoisotopic (exact) mass is 498 g/mol. The van der Waals surface area contributed by atoms with Crippen LogP contribution in [0.5, 0.6) is 5.75 Å². The van der Waals surface area contributed by atoms with Crippen molar-refractivity contribution in [3.63, 3.8) is 0 Å². The van der Waals surface area contributed by atoms with Gasteiger partial charge in [-0.3, -0.25) is 19.2 Å². The zero-order chi connectivity index (χ0) is 26.2. The van der Waals surface area contributed by atoms with Gasteiger partial charge in [0.2, 0.25) is 5.43 Å². The summed E-state index contributed by atoms with van der Waals surface area (Å²) in [4.78, 5) is 49.9. The fourth-order valence-electron chi connectivity index (χ4n) is 3.36. The smallest absolute Gasteiger partial charge is 0.329 e. The van der Waals surface area contributed by atoms with Gasteiger partial charge in [0.25, 0.3) is 5.91 Å². The van der Waals surface area contributed by atoms with Crippen LogP contribution in [0.4, 0.5) is 11.4 Å². The molecule has 0 aliphatic heterocycles. The molecule has 0 unspecified atom stereocenters. The van der Waals surface area contributed by atoms with Crippen LogP contribution >= 0.6 is 0 Å². The molecule has 0 saturated heterocycles. The first-order valence-electron chi connectivity index (χ1n) is 11.2. The van der Waals surface area contributed by atoms with Crippen molar-refractivity contribution in [3.8, 4) is 5.75 Å². The number of hydrogen-bond donors (Lipinski definition) is 3. The molecule has 10 nitrogen and oxygen atoms in total.